The number of piperazine rings is 1. The molecule has 0 spiro atoms. The van der Waals surface area contributed by atoms with Gasteiger partial charge in [-0.05, 0) is 25.0 Å². The van der Waals surface area contributed by atoms with Crippen LogP contribution >= 0.6 is 0 Å². The molecule has 1 aliphatic carbocycles. The second-order valence-corrected chi connectivity index (χ2v) is 8.45. The molecule has 5 rings (SSSR count). The molecule has 2 aliphatic rings. The molecule has 0 bridgehead atoms. The third-order valence-corrected chi connectivity index (χ3v) is 6.18. The van der Waals surface area contributed by atoms with Crippen LogP contribution < -0.4 is 24.4 Å². The van der Waals surface area contributed by atoms with Crippen LogP contribution in [0.25, 0.3) is 11.4 Å². The number of rotatable bonds is 7. The van der Waals surface area contributed by atoms with Crippen LogP contribution in [-0.4, -0.2) is 73.6 Å². The molecule has 11 heteroatoms. The summed E-state index contributed by atoms with van der Waals surface area (Å²) in [5, 5.41) is 6.99. The molecule has 184 valence electrons. The number of amides is 2. The number of aromatic nitrogens is 3. The van der Waals surface area contributed by atoms with E-state index in [1.807, 2.05) is 12.1 Å². The van der Waals surface area contributed by atoms with E-state index in [2.05, 4.69) is 25.3 Å². The van der Waals surface area contributed by atoms with Crippen molar-refractivity contribution < 1.29 is 23.5 Å². The molecule has 0 unspecified atom stereocenters. The lowest BCUT2D eigenvalue weighted by atomic mass is 10.2. The second-order valence-electron chi connectivity index (χ2n) is 8.45. The quantitative estimate of drug-likeness (QED) is 0.543. The Balaban J connectivity index is 1.18. The summed E-state index contributed by atoms with van der Waals surface area (Å²) in [6, 6.07) is 7.13. The lowest BCUT2D eigenvalue weighted by Gasteiger charge is -2.35. The van der Waals surface area contributed by atoms with Crippen LogP contribution in [0.4, 0.5) is 16.3 Å². The normalized spacial score (nSPS) is 15.6. The minimum atomic E-state index is -0.189. The number of hydrogen-bond acceptors (Lipinski definition) is 9. The highest BCUT2D eigenvalue weighted by Gasteiger charge is 2.30. The zero-order valence-corrected chi connectivity index (χ0v) is 20.0. The maximum atomic E-state index is 12.9. The molecule has 3 aromatic rings. The predicted molar refractivity (Wildman–Crippen MR) is 128 cm³/mol. The van der Waals surface area contributed by atoms with Gasteiger partial charge in [0.25, 0.3) is 0 Å². The number of methoxy groups -OCH3 is 3. The number of urea groups is 1. The molecular weight excluding hydrogens is 452 g/mol. The topological polar surface area (TPSA) is 115 Å². The Hall–Kier alpha value is -4.02. The fourth-order valence-electron chi connectivity index (χ4n) is 4.05. The van der Waals surface area contributed by atoms with Gasteiger partial charge in [0.1, 0.15) is 5.82 Å². The van der Waals surface area contributed by atoms with Gasteiger partial charge in [-0.15, -0.1) is 0 Å². The largest absolute Gasteiger partial charge is 0.493 e. The fraction of sp³-hybridized carbons (Fsp3) is 0.417. The third-order valence-electron chi connectivity index (χ3n) is 6.18. The van der Waals surface area contributed by atoms with E-state index in [9.17, 15) is 4.79 Å². The maximum absolute atomic E-state index is 12.9. The second kappa shape index (κ2) is 9.69. The molecule has 1 saturated heterocycles. The van der Waals surface area contributed by atoms with Gasteiger partial charge in [-0.25, -0.2) is 9.78 Å². The number of hydrogen-bond donors (Lipinski definition) is 1. The molecule has 3 heterocycles. The smallest absolute Gasteiger partial charge is 0.321 e. The Labute approximate surface area is 203 Å². The fourth-order valence-corrected chi connectivity index (χ4v) is 4.05. The van der Waals surface area contributed by atoms with Gasteiger partial charge in [0.2, 0.25) is 17.5 Å². The highest BCUT2D eigenvalue weighted by Crippen LogP contribution is 2.40. The Kier molecular flexibility index (Phi) is 6.30. The van der Waals surface area contributed by atoms with E-state index in [0.717, 1.165) is 24.2 Å². The van der Waals surface area contributed by atoms with E-state index in [-0.39, 0.29) is 6.03 Å². The molecule has 0 radical (unpaired) electrons. The molecule has 1 saturated carbocycles. The molecule has 2 amide bonds. The average Bonchev–Trinajstić information content (AvgIpc) is 3.64. The summed E-state index contributed by atoms with van der Waals surface area (Å²) in [5.41, 5.74) is 1.39. The summed E-state index contributed by atoms with van der Waals surface area (Å²) in [5.74, 6) is 3.99. The van der Waals surface area contributed by atoms with Crippen molar-refractivity contribution >= 4 is 17.5 Å². The molecule has 1 aliphatic heterocycles. The zero-order chi connectivity index (χ0) is 24.4. The van der Waals surface area contributed by atoms with E-state index >= 15 is 0 Å². The van der Waals surface area contributed by atoms with Crippen LogP contribution in [0.15, 0.2) is 35.0 Å². The molecule has 1 aromatic carbocycles. The third kappa shape index (κ3) is 4.79. The summed E-state index contributed by atoms with van der Waals surface area (Å²) >= 11 is 0. The SMILES string of the molecule is COc1cc(NC(=O)N2CCN(c3ccc(-c4noc(C5CC5)n4)cn3)CC2)cc(OC)c1OC. The van der Waals surface area contributed by atoms with Crippen LogP contribution in [0.1, 0.15) is 24.7 Å². The van der Waals surface area contributed by atoms with Crippen molar-refractivity contribution in [3.05, 3.63) is 36.4 Å². The van der Waals surface area contributed by atoms with E-state index in [1.54, 1.807) is 23.2 Å². The highest BCUT2D eigenvalue weighted by atomic mass is 16.5. The van der Waals surface area contributed by atoms with Crippen molar-refractivity contribution in [3.8, 4) is 28.6 Å². The van der Waals surface area contributed by atoms with Gasteiger partial charge < -0.3 is 33.9 Å². The summed E-state index contributed by atoms with van der Waals surface area (Å²) < 4.78 is 21.4. The van der Waals surface area contributed by atoms with Gasteiger partial charge in [-0.1, -0.05) is 5.16 Å². The minimum Gasteiger partial charge on any atom is -0.493 e. The van der Waals surface area contributed by atoms with Crippen LogP contribution in [0.2, 0.25) is 0 Å². The van der Waals surface area contributed by atoms with Crippen molar-refractivity contribution in [3.63, 3.8) is 0 Å². The van der Waals surface area contributed by atoms with Gasteiger partial charge in [-0.3, -0.25) is 0 Å². The standard InChI is InChI=1S/C24H28N6O5/c1-32-18-12-17(13-19(33-2)21(18)34-3)26-24(31)30-10-8-29(9-11-30)20-7-6-16(14-25-20)22-27-23(35-28-22)15-4-5-15/h6-7,12-15H,4-5,8-11H2,1-3H3,(H,26,31). The summed E-state index contributed by atoms with van der Waals surface area (Å²) in [6.45, 7) is 2.47. The van der Waals surface area contributed by atoms with Crippen LogP contribution in [-0.2, 0) is 0 Å². The minimum absolute atomic E-state index is 0.189. The highest BCUT2D eigenvalue weighted by molar-refractivity contribution is 5.90. The van der Waals surface area contributed by atoms with Gasteiger partial charge in [0.05, 0.1) is 27.0 Å². The Morgan fingerprint density at radius 3 is 2.31 bits per heavy atom. The predicted octanol–water partition coefficient (Wildman–Crippen LogP) is 3.39. The monoisotopic (exact) mass is 480 g/mol. The van der Waals surface area contributed by atoms with Crippen LogP contribution in [0, 0.1) is 0 Å². The number of anilines is 2. The number of carbonyl (C=O) groups excluding carboxylic acids is 1. The first kappa shape index (κ1) is 22.8. The van der Waals surface area contributed by atoms with Crippen molar-refractivity contribution in [1.82, 2.24) is 20.0 Å². The summed E-state index contributed by atoms with van der Waals surface area (Å²) in [6.07, 6.45) is 4.00. The van der Waals surface area contributed by atoms with Crippen molar-refractivity contribution in [2.75, 3.05) is 57.7 Å². The first-order valence-electron chi connectivity index (χ1n) is 11.5. The van der Waals surface area contributed by atoms with Crippen LogP contribution in [0.5, 0.6) is 17.2 Å². The van der Waals surface area contributed by atoms with Crippen molar-refractivity contribution in [2.24, 2.45) is 0 Å². The number of nitrogens with one attached hydrogen (secondary N) is 1. The molecule has 35 heavy (non-hydrogen) atoms. The van der Waals surface area contributed by atoms with Gasteiger partial charge >= 0.3 is 6.03 Å². The molecule has 1 N–H and O–H groups in total. The Bertz CT molecular complexity index is 1160. The molecular formula is C24H28N6O5. The summed E-state index contributed by atoms with van der Waals surface area (Å²) in [7, 11) is 4.61. The zero-order valence-electron chi connectivity index (χ0n) is 20.0. The first-order chi connectivity index (χ1) is 17.1. The lowest BCUT2D eigenvalue weighted by molar-refractivity contribution is 0.208. The van der Waals surface area contributed by atoms with E-state index in [4.69, 9.17) is 18.7 Å². The van der Waals surface area contributed by atoms with Crippen LogP contribution in [0.3, 0.4) is 0 Å². The van der Waals surface area contributed by atoms with E-state index in [0.29, 0.717) is 66.7 Å². The number of ether oxygens (including phenoxy) is 3. The summed E-state index contributed by atoms with van der Waals surface area (Å²) in [4.78, 5) is 25.8. The molecule has 2 aromatic heterocycles. The first-order valence-corrected chi connectivity index (χ1v) is 11.5. The maximum Gasteiger partial charge on any atom is 0.321 e. The van der Waals surface area contributed by atoms with Crippen molar-refractivity contribution in [2.45, 2.75) is 18.8 Å². The van der Waals surface area contributed by atoms with Crippen molar-refractivity contribution in [1.29, 1.82) is 0 Å². The number of nitrogens with zero attached hydrogens (tertiary/aromatic N) is 5. The number of pyridine rings is 1. The Morgan fingerprint density at radius 2 is 1.74 bits per heavy atom. The van der Waals surface area contributed by atoms with E-state index < -0.39 is 0 Å². The van der Waals surface area contributed by atoms with Gasteiger partial charge in [-0.2, -0.15) is 4.98 Å². The number of benzene rings is 1. The van der Waals surface area contributed by atoms with E-state index in [1.165, 1.54) is 21.3 Å². The van der Waals surface area contributed by atoms with Gasteiger partial charge in [0.15, 0.2) is 11.5 Å². The molecule has 0 atom stereocenters. The molecule has 11 nitrogen and oxygen atoms in total. The van der Waals surface area contributed by atoms with Gasteiger partial charge in [0, 0.05) is 56.0 Å². The average molecular weight is 481 g/mol. The number of carbonyl (C=O) groups is 1. The lowest BCUT2D eigenvalue weighted by Crippen LogP contribution is -2.50. The molecule has 2 fully saturated rings. The Morgan fingerprint density at radius 1 is 1.03 bits per heavy atom.